The smallest absolute Gasteiger partial charge is 0.430 e. The first-order valence-electron chi connectivity index (χ1n) is 21.0. The third-order valence-corrected chi connectivity index (χ3v) is 14.2. The van der Waals surface area contributed by atoms with Gasteiger partial charge >= 0.3 is 18.3 Å². The number of amides is 1. The molecule has 0 unspecified atom stereocenters. The van der Waals surface area contributed by atoms with Gasteiger partial charge in [-0.05, 0) is 128 Å². The van der Waals surface area contributed by atoms with Crippen molar-refractivity contribution in [1.29, 1.82) is 0 Å². The monoisotopic (exact) mass is 988 g/mol. The Morgan fingerprint density at radius 3 is 1.63 bits per heavy atom. The average Bonchev–Trinajstić information content (AvgIpc) is 3.59. The molecule has 70 heavy (non-hydrogen) atoms. The Hall–Kier alpha value is -7.35. The Bertz CT molecular complexity index is 3230. The molecule has 7 rings (SSSR count). The van der Waals surface area contributed by atoms with E-state index in [2.05, 4.69) is 5.32 Å². The van der Waals surface area contributed by atoms with Gasteiger partial charge < -0.3 is 30.7 Å². The van der Waals surface area contributed by atoms with Gasteiger partial charge in [0.15, 0.2) is 5.78 Å². The second-order valence-electron chi connectivity index (χ2n) is 17.2. The molecule has 5 N–H and O–H groups in total. The summed E-state index contributed by atoms with van der Waals surface area (Å²) in [5, 5.41) is 37.5. The van der Waals surface area contributed by atoms with Crippen molar-refractivity contribution in [3.05, 3.63) is 170 Å². The van der Waals surface area contributed by atoms with Crippen LogP contribution in [0.15, 0.2) is 119 Å². The quantitative estimate of drug-likeness (QED) is 0.0419. The van der Waals surface area contributed by atoms with Gasteiger partial charge in [-0.15, -0.1) is 0 Å². The van der Waals surface area contributed by atoms with E-state index in [9.17, 15) is 42.9 Å². The Balaban J connectivity index is 1.53. The molecule has 0 atom stereocenters. The Morgan fingerprint density at radius 1 is 0.671 bits per heavy atom. The van der Waals surface area contributed by atoms with Crippen molar-refractivity contribution in [3.63, 3.8) is 0 Å². The lowest BCUT2D eigenvalue weighted by Crippen LogP contribution is -2.54. The fourth-order valence-electron chi connectivity index (χ4n) is 9.26. The maximum Gasteiger partial charge on any atom is 0.430 e. The minimum Gasteiger partial charge on any atom is -0.478 e. The lowest BCUT2D eigenvalue weighted by atomic mass is 9.65. The fourth-order valence-corrected chi connectivity index (χ4v) is 10.6. The largest absolute Gasteiger partial charge is 0.478 e. The normalized spacial score (nSPS) is 13.5. The Morgan fingerprint density at radius 2 is 1.16 bits per heavy atom. The topological polar surface area (TPSA) is 196 Å². The van der Waals surface area contributed by atoms with Gasteiger partial charge in [0.25, 0.3) is 18.0 Å². The zero-order valence-corrected chi connectivity index (χ0v) is 38.7. The summed E-state index contributed by atoms with van der Waals surface area (Å²) in [6.45, 7) is 6.59. The predicted molar refractivity (Wildman–Crippen MR) is 244 cm³/mol. The summed E-state index contributed by atoms with van der Waals surface area (Å²) in [5.74, 6) is -4.70. The van der Waals surface area contributed by atoms with E-state index in [1.165, 1.54) is 19.9 Å². The summed E-state index contributed by atoms with van der Waals surface area (Å²) in [6, 6.07) is 23.2. The highest BCUT2D eigenvalue weighted by molar-refractivity contribution is 7.91. The predicted octanol–water partition coefficient (Wildman–Crippen LogP) is 9.77. The van der Waals surface area contributed by atoms with Crippen LogP contribution in [0.25, 0.3) is 11.1 Å². The molecule has 0 spiro atoms. The molecule has 0 saturated heterocycles. The van der Waals surface area contributed by atoms with E-state index in [1.807, 2.05) is 5.32 Å². The molecular formula is C51H42F6N2O10S. The van der Waals surface area contributed by atoms with Gasteiger partial charge in [-0.3, -0.25) is 14.4 Å². The number of nitrogens with one attached hydrogen (secondary N) is 2. The van der Waals surface area contributed by atoms with Gasteiger partial charge in [-0.25, -0.2) is 13.2 Å². The standard InChI is InChI=1S/C51H42F6N2O10S/c1-26-19-29(21-40(43(26)58-6)47(4,5)65)48(38-13-9-7-11-33(38)34-12-8-10-14-39(34)48)30-20-27(2)44(41(22-30)49(66,50(52,53)54)51(55,56)57)59-45(62)37-24-32(16-18-42(37)69-25-60)70(67,68)31-15-17-35(46(63)64)36(23-31)28(3)61/h7-25,58,65-66H,1-6H3,(H,59,62)(H,63,64). The first-order chi connectivity index (χ1) is 32.6. The van der Waals surface area contributed by atoms with E-state index in [0.29, 0.717) is 56.8 Å². The molecule has 0 aliphatic heterocycles. The molecule has 0 fully saturated rings. The minimum absolute atomic E-state index is 0.188. The number of carbonyl (C=O) groups is 4. The van der Waals surface area contributed by atoms with E-state index < -0.39 is 106 Å². The number of aromatic carboxylic acids is 1. The summed E-state index contributed by atoms with van der Waals surface area (Å²) in [7, 11) is -3.21. The summed E-state index contributed by atoms with van der Waals surface area (Å²) in [5.41, 5.74) is -11.2. The number of halogens is 6. The number of ether oxygens (including phenoxy) is 1. The minimum atomic E-state index is -6.53. The molecule has 6 aromatic carbocycles. The lowest BCUT2D eigenvalue weighted by molar-refractivity contribution is -0.376. The van der Waals surface area contributed by atoms with Gasteiger partial charge in [0.1, 0.15) is 5.75 Å². The number of aryl methyl sites for hydroxylation is 2. The number of hydrogen-bond donors (Lipinski definition) is 5. The number of fused-ring (bicyclic) bond motifs is 3. The molecule has 0 saturated carbocycles. The molecule has 1 aliphatic rings. The van der Waals surface area contributed by atoms with Gasteiger partial charge in [-0.1, -0.05) is 60.7 Å². The van der Waals surface area contributed by atoms with Crippen LogP contribution >= 0.6 is 0 Å². The summed E-state index contributed by atoms with van der Waals surface area (Å²) >= 11 is 0. The molecule has 19 heteroatoms. The van der Waals surface area contributed by atoms with Crippen molar-refractivity contribution >= 4 is 45.3 Å². The van der Waals surface area contributed by atoms with Gasteiger partial charge in [0.05, 0.1) is 37.6 Å². The molecule has 12 nitrogen and oxygen atoms in total. The number of Topliss-reactive ketones (excluding diaryl/α,β-unsaturated/α-hetero) is 1. The van der Waals surface area contributed by atoms with E-state index >= 15 is 26.3 Å². The van der Waals surface area contributed by atoms with Crippen molar-refractivity contribution in [2.45, 2.75) is 73.4 Å². The van der Waals surface area contributed by atoms with Gasteiger partial charge in [0, 0.05) is 29.4 Å². The zero-order valence-electron chi connectivity index (χ0n) is 37.8. The van der Waals surface area contributed by atoms with E-state index in [4.69, 9.17) is 4.74 Å². The number of anilines is 2. The number of hydrogen-bond acceptors (Lipinski definition) is 10. The van der Waals surface area contributed by atoms with Crippen LogP contribution in [0, 0.1) is 13.8 Å². The lowest BCUT2D eigenvalue weighted by Gasteiger charge is -2.39. The average molecular weight is 989 g/mol. The van der Waals surface area contributed by atoms with E-state index in [-0.39, 0.29) is 12.0 Å². The molecule has 1 aliphatic carbocycles. The van der Waals surface area contributed by atoms with Crippen LogP contribution < -0.4 is 15.4 Å². The number of carboxylic acid groups (broad SMARTS) is 1. The third-order valence-electron chi connectivity index (χ3n) is 12.4. The molecule has 0 aromatic heterocycles. The Labute approximate surface area is 396 Å². The van der Waals surface area contributed by atoms with Crippen LogP contribution in [-0.2, 0) is 31.2 Å². The van der Waals surface area contributed by atoms with Crippen LogP contribution in [0.1, 0.15) is 96.4 Å². The van der Waals surface area contributed by atoms with E-state index in [1.54, 1.807) is 74.6 Å². The number of rotatable bonds is 13. The molecule has 0 bridgehead atoms. The molecule has 1 amide bonds. The van der Waals surface area contributed by atoms with Crippen molar-refractivity contribution in [1.82, 2.24) is 0 Å². The maximum atomic E-state index is 15.3. The van der Waals surface area contributed by atoms with Crippen molar-refractivity contribution < 1.29 is 74.0 Å². The molecular weight excluding hydrogens is 947 g/mol. The Kier molecular flexibility index (Phi) is 12.7. The molecule has 0 heterocycles. The number of ketones is 1. The zero-order chi connectivity index (χ0) is 51.7. The van der Waals surface area contributed by atoms with Crippen LogP contribution in [0.3, 0.4) is 0 Å². The third kappa shape index (κ3) is 8.06. The maximum absolute atomic E-state index is 15.3. The summed E-state index contributed by atoms with van der Waals surface area (Å²) in [4.78, 5) is 48.7. The highest BCUT2D eigenvalue weighted by Crippen LogP contribution is 2.59. The highest BCUT2D eigenvalue weighted by atomic mass is 32.2. The number of benzene rings is 6. The first-order valence-corrected chi connectivity index (χ1v) is 22.5. The number of alkyl halides is 6. The number of carboxylic acids is 1. The van der Waals surface area contributed by atoms with E-state index in [0.717, 1.165) is 44.2 Å². The first kappa shape index (κ1) is 50.5. The van der Waals surface area contributed by atoms with Crippen LogP contribution in [0.5, 0.6) is 5.75 Å². The summed E-state index contributed by atoms with van der Waals surface area (Å²) < 4.78 is 125. The number of carbonyl (C=O) groups excluding carboxylic acids is 3. The van der Waals surface area contributed by atoms with Crippen LogP contribution in [0.4, 0.5) is 37.7 Å². The second-order valence-corrected chi connectivity index (χ2v) is 19.1. The number of aliphatic hydroxyl groups is 2. The second kappa shape index (κ2) is 17.6. The number of sulfone groups is 1. The molecule has 6 aromatic rings. The van der Waals surface area contributed by atoms with Crippen molar-refractivity contribution in [2.24, 2.45) is 0 Å². The SMILES string of the molecule is CNc1c(C)cc(C2(c3cc(C)c(NC(=O)c4cc(S(=O)(=O)c5ccc(C(=O)O)c(C(C)=O)c5)ccc4OC=O)c(C(O)(C(F)(F)F)C(F)(F)F)c3)c3ccccc3-c3ccccc32)cc1C(C)(C)O. The fraction of sp³-hybridized carbons (Fsp3) is 0.216. The summed E-state index contributed by atoms with van der Waals surface area (Å²) in [6.07, 6.45) is -13.1. The molecule has 364 valence electrons. The van der Waals surface area contributed by atoms with Crippen LogP contribution in [-0.4, -0.2) is 67.3 Å². The van der Waals surface area contributed by atoms with Crippen LogP contribution in [0.2, 0.25) is 0 Å². The van der Waals surface area contributed by atoms with Gasteiger partial charge in [0.2, 0.25) is 9.84 Å². The van der Waals surface area contributed by atoms with Gasteiger partial charge in [-0.2, -0.15) is 26.3 Å². The highest BCUT2D eigenvalue weighted by Gasteiger charge is 2.72. The van der Waals surface area contributed by atoms with Crippen molar-refractivity contribution in [3.8, 4) is 16.9 Å². The molecule has 0 radical (unpaired) electrons. The van der Waals surface area contributed by atoms with Crippen molar-refractivity contribution in [2.75, 3.05) is 17.7 Å².